The van der Waals surface area contributed by atoms with E-state index < -0.39 is 0 Å². The zero-order valence-corrected chi connectivity index (χ0v) is 15.2. The molecule has 1 unspecified atom stereocenters. The molecule has 2 aromatic rings. The molecule has 0 bridgehead atoms. The summed E-state index contributed by atoms with van der Waals surface area (Å²) >= 11 is 19.3. The Morgan fingerprint density at radius 2 is 1.74 bits per heavy atom. The molecule has 0 aliphatic heterocycles. The third-order valence-electron chi connectivity index (χ3n) is 2.86. The largest absolute Gasteiger partial charge is 0.272 e. The monoisotopic (exact) mass is 386 g/mol. The highest BCUT2D eigenvalue weighted by Gasteiger charge is 2.13. The summed E-state index contributed by atoms with van der Waals surface area (Å²) in [6.07, 6.45) is 1.43. The molecule has 0 heterocycles. The van der Waals surface area contributed by atoms with Crippen LogP contribution in [0.2, 0.25) is 15.1 Å². The van der Waals surface area contributed by atoms with Gasteiger partial charge in [-0.05, 0) is 43.3 Å². The van der Waals surface area contributed by atoms with Gasteiger partial charge in [0.2, 0.25) is 0 Å². The van der Waals surface area contributed by atoms with Crippen molar-refractivity contribution in [3.8, 4) is 0 Å². The lowest BCUT2D eigenvalue weighted by molar-refractivity contribution is -0.120. The summed E-state index contributed by atoms with van der Waals surface area (Å²) in [5, 5.41) is 5.20. The fourth-order valence-electron chi connectivity index (χ4n) is 1.66. The van der Waals surface area contributed by atoms with E-state index >= 15 is 0 Å². The molecule has 0 radical (unpaired) electrons. The lowest BCUT2D eigenvalue weighted by atomic mass is 10.2. The van der Waals surface area contributed by atoms with Crippen molar-refractivity contribution in [3.63, 3.8) is 0 Å². The summed E-state index contributed by atoms with van der Waals surface area (Å²) < 4.78 is 0. The Morgan fingerprint density at radius 1 is 1.13 bits per heavy atom. The predicted octanol–water partition coefficient (Wildman–Crippen LogP) is 5.28. The van der Waals surface area contributed by atoms with Crippen molar-refractivity contribution < 1.29 is 4.79 Å². The second-order valence-corrected chi connectivity index (χ2v) is 7.25. The van der Waals surface area contributed by atoms with E-state index in [9.17, 15) is 4.79 Å². The zero-order chi connectivity index (χ0) is 16.8. The standard InChI is InChI=1S/C16H13Cl3N2OS/c1-10(23-12-7-5-11(17)6-8-12)16(22)21-20-9-13-14(18)3-2-4-15(13)19/h2-10H,1H3,(H,21,22). The van der Waals surface area contributed by atoms with Gasteiger partial charge < -0.3 is 0 Å². The van der Waals surface area contributed by atoms with Crippen LogP contribution in [0.4, 0.5) is 0 Å². The molecule has 0 spiro atoms. The number of rotatable bonds is 5. The van der Waals surface area contributed by atoms with E-state index in [1.165, 1.54) is 18.0 Å². The Hall–Kier alpha value is -1.20. The number of amides is 1. The molecule has 2 aromatic carbocycles. The van der Waals surface area contributed by atoms with Crippen molar-refractivity contribution in [1.29, 1.82) is 0 Å². The maximum atomic E-state index is 12.0. The Bertz CT molecular complexity index is 700. The summed E-state index contributed by atoms with van der Waals surface area (Å²) in [5.74, 6) is -0.218. The first-order valence-corrected chi connectivity index (χ1v) is 8.68. The van der Waals surface area contributed by atoms with Crippen LogP contribution in [0.1, 0.15) is 12.5 Å². The molecule has 1 N–H and O–H groups in total. The van der Waals surface area contributed by atoms with Crippen LogP contribution in [0.5, 0.6) is 0 Å². The number of nitrogens with one attached hydrogen (secondary N) is 1. The fraction of sp³-hybridized carbons (Fsp3) is 0.125. The van der Waals surface area contributed by atoms with Crippen LogP contribution in [0.3, 0.4) is 0 Å². The average Bonchev–Trinajstić information content (AvgIpc) is 2.52. The SMILES string of the molecule is CC(Sc1ccc(Cl)cc1)C(=O)NN=Cc1c(Cl)cccc1Cl. The summed E-state index contributed by atoms with van der Waals surface area (Å²) in [6, 6.07) is 12.4. The summed E-state index contributed by atoms with van der Waals surface area (Å²) in [6.45, 7) is 1.80. The van der Waals surface area contributed by atoms with Gasteiger partial charge in [0, 0.05) is 15.5 Å². The van der Waals surface area contributed by atoms with E-state index in [0.717, 1.165) is 4.90 Å². The van der Waals surface area contributed by atoms with Crippen molar-refractivity contribution in [3.05, 3.63) is 63.1 Å². The maximum absolute atomic E-state index is 12.0. The smallest absolute Gasteiger partial charge is 0.253 e. The molecule has 1 amide bonds. The highest BCUT2D eigenvalue weighted by atomic mass is 35.5. The van der Waals surface area contributed by atoms with Crippen molar-refractivity contribution in [2.24, 2.45) is 5.10 Å². The number of carbonyl (C=O) groups excluding carboxylic acids is 1. The summed E-state index contributed by atoms with van der Waals surface area (Å²) in [7, 11) is 0. The van der Waals surface area contributed by atoms with Crippen LogP contribution in [-0.4, -0.2) is 17.4 Å². The van der Waals surface area contributed by atoms with E-state index in [0.29, 0.717) is 20.6 Å². The van der Waals surface area contributed by atoms with E-state index in [1.807, 2.05) is 12.1 Å². The number of carbonyl (C=O) groups is 1. The first-order chi connectivity index (χ1) is 11.0. The minimum Gasteiger partial charge on any atom is -0.272 e. The molecule has 0 aliphatic rings. The van der Waals surface area contributed by atoms with Crippen molar-refractivity contribution in [1.82, 2.24) is 5.43 Å². The van der Waals surface area contributed by atoms with Gasteiger partial charge in [0.05, 0.1) is 21.5 Å². The topological polar surface area (TPSA) is 41.5 Å². The molecule has 0 fully saturated rings. The van der Waals surface area contributed by atoms with E-state index in [4.69, 9.17) is 34.8 Å². The maximum Gasteiger partial charge on any atom is 0.253 e. The van der Waals surface area contributed by atoms with Crippen LogP contribution in [0.25, 0.3) is 0 Å². The van der Waals surface area contributed by atoms with Crippen LogP contribution in [0, 0.1) is 0 Å². The Balaban J connectivity index is 1.93. The minimum atomic E-state index is -0.310. The quantitative estimate of drug-likeness (QED) is 0.431. The van der Waals surface area contributed by atoms with Crippen molar-refractivity contribution in [2.75, 3.05) is 0 Å². The van der Waals surface area contributed by atoms with Gasteiger partial charge in [-0.3, -0.25) is 4.79 Å². The van der Waals surface area contributed by atoms with Crippen molar-refractivity contribution in [2.45, 2.75) is 17.1 Å². The normalized spacial score (nSPS) is 12.3. The van der Waals surface area contributed by atoms with E-state index in [2.05, 4.69) is 10.5 Å². The highest BCUT2D eigenvalue weighted by Crippen LogP contribution is 2.25. The Morgan fingerprint density at radius 3 is 2.35 bits per heavy atom. The zero-order valence-electron chi connectivity index (χ0n) is 12.1. The molecule has 0 aliphatic carbocycles. The number of thioether (sulfide) groups is 1. The third kappa shape index (κ3) is 5.43. The number of benzene rings is 2. The van der Waals surface area contributed by atoms with Gasteiger partial charge >= 0.3 is 0 Å². The van der Waals surface area contributed by atoms with Gasteiger partial charge in [-0.15, -0.1) is 11.8 Å². The van der Waals surface area contributed by atoms with Crippen LogP contribution in [-0.2, 0) is 4.79 Å². The molecule has 0 saturated carbocycles. The molecule has 0 saturated heterocycles. The average molecular weight is 388 g/mol. The van der Waals surface area contributed by atoms with Gasteiger partial charge in [0.1, 0.15) is 0 Å². The van der Waals surface area contributed by atoms with Gasteiger partial charge in [0.15, 0.2) is 0 Å². The second-order valence-electron chi connectivity index (χ2n) is 4.58. The number of hydrogen-bond donors (Lipinski definition) is 1. The third-order valence-corrected chi connectivity index (χ3v) is 4.89. The Kier molecular flexibility index (Phi) is 6.78. The first-order valence-electron chi connectivity index (χ1n) is 6.66. The fourth-order valence-corrected chi connectivity index (χ4v) is 3.14. The lowest BCUT2D eigenvalue weighted by Gasteiger charge is -2.09. The van der Waals surface area contributed by atoms with Gasteiger partial charge in [-0.2, -0.15) is 5.10 Å². The predicted molar refractivity (Wildman–Crippen MR) is 99.0 cm³/mol. The van der Waals surface area contributed by atoms with E-state index in [1.54, 1.807) is 37.3 Å². The molecular formula is C16H13Cl3N2OS. The lowest BCUT2D eigenvalue weighted by Crippen LogP contribution is -2.26. The van der Waals surface area contributed by atoms with E-state index in [-0.39, 0.29) is 11.2 Å². The van der Waals surface area contributed by atoms with Gasteiger partial charge in [-0.1, -0.05) is 40.9 Å². The number of halogens is 3. The van der Waals surface area contributed by atoms with Crippen molar-refractivity contribution >= 4 is 58.7 Å². The van der Waals surface area contributed by atoms with Crippen LogP contribution in [0.15, 0.2) is 52.5 Å². The molecule has 3 nitrogen and oxygen atoms in total. The molecule has 23 heavy (non-hydrogen) atoms. The number of hydrazone groups is 1. The second kappa shape index (κ2) is 8.60. The summed E-state index contributed by atoms with van der Waals surface area (Å²) in [4.78, 5) is 13.0. The highest BCUT2D eigenvalue weighted by molar-refractivity contribution is 8.00. The molecule has 120 valence electrons. The molecule has 0 aromatic heterocycles. The van der Waals surface area contributed by atoms with Crippen LogP contribution < -0.4 is 5.43 Å². The summed E-state index contributed by atoms with van der Waals surface area (Å²) in [5.41, 5.74) is 3.05. The number of nitrogens with zero attached hydrogens (tertiary/aromatic N) is 1. The molecule has 2 rings (SSSR count). The molecule has 7 heteroatoms. The van der Waals surface area contributed by atoms with Crippen LogP contribution >= 0.6 is 46.6 Å². The molecular weight excluding hydrogens is 375 g/mol. The minimum absolute atomic E-state index is 0.218. The number of hydrogen-bond acceptors (Lipinski definition) is 3. The first kappa shape index (κ1) is 18.1. The van der Waals surface area contributed by atoms with Gasteiger partial charge in [0.25, 0.3) is 5.91 Å². The molecule has 1 atom stereocenters. The van der Waals surface area contributed by atoms with Gasteiger partial charge in [-0.25, -0.2) is 5.43 Å². The Labute approximate surface area is 154 Å².